The molecule has 1 aromatic rings. The second-order valence-corrected chi connectivity index (χ2v) is 7.45. The van der Waals surface area contributed by atoms with Gasteiger partial charge in [-0.2, -0.15) is 0 Å². The average molecular weight is 304 g/mol. The molecule has 2 rings (SSSR count). The van der Waals surface area contributed by atoms with Gasteiger partial charge >= 0.3 is 0 Å². The maximum Gasteiger partial charge on any atom is 0.241 e. The zero-order valence-electron chi connectivity index (χ0n) is 11.0. The number of nitrogens with one attached hydrogen (secondary N) is 1. The van der Waals surface area contributed by atoms with Gasteiger partial charge in [-0.1, -0.05) is 11.6 Å². The molecule has 0 bridgehead atoms. The molecule has 0 amide bonds. The van der Waals surface area contributed by atoms with Crippen molar-refractivity contribution >= 4 is 21.6 Å². The summed E-state index contributed by atoms with van der Waals surface area (Å²) in [4.78, 5) is 0.150. The molecule has 0 radical (unpaired) electrons. The van der Waals surface area contributed by atoms with Gasteiger partial charge in [0.05, 0.1) is 11.5 Å². The number of rotatable bonds is 4. The molecule has 6 heteroatoms. The summed E-state index contributed by atoms with van der Waals surface area (Å²) in [6.07, 6.45) is 2.73. The highest BCUT2D eigenvalue weighted by Crippen LogP contribution is 2.33. The Labute approximate surface area is 118 Å². The van der Waals surface area contributed by atoms with Crippen LogP contribution in [0.5, 0.6) is 0 Å². The second kappa shape index (κ2) is 5.05. The van der Waals surface area contributed by atoms with Gasteiger partial charge in [0.25, 0.3) is 0 Å². The maximum absolute atomic E-state index is 12.4. The van der Waals surface area contributed by atoms with Gasteiger partial charge in [-0.15, -0.1) is 0 Å². The van der Waals surface area contributed by atoms with Crippen LogP contribution in [-0.2, 0) is 16.6 Å². The van der Waals surface area contributed by atoms with Gasteiger partial charge in [-0.05, 0) is 56.4 Å². The molecule has 1 saturated carbocycles. The molecule has 0 spiro atoms. The number of hydrogen-bond donors (Lipinski definition) is 2. The number of aliphatic hydroxyl groups is 1. The highest BCUT2D eigenvalue weighted by atomic mass is 35.5. The van der Waals surface area contributed by atoms with Gasteiger partial charge in [-0.3, -0.25) is 0 Å². The fourth-order valence-electron chi connectivity index (χ4n) is 2.34. The Morgan fingerprint density at radius 3 is 2.53 bits per heavy atom. The van der Waals surface area contributed by atoms with Crippen LogP contribution in [0.4, 0.5) is 0 Å². The summed E-state index contributed by atoms with van der Waals surface area (Å²) in [5.74, 6) is 0. The molecule has 0 unspecified atom stereocenters. The van der Waals surface area contributed by atoms with E-state index in [1.54, 1.807) is 13.0 Å². The summed E-state index contributed by atoms with van der Waals surface area (Å²) in [6.45, 7) is 3.35. The van der Waals surface area contributed by atoms with E-state index in [0.717, 1.165) is 19.3 Å². The predicted octanol–water partition coefficient (Wildman–Crippen LogP) is 2.36. The van der Waals surface area contributed by atoms with Crippen molar-refractivity contribution in [3.05, 3.63) is 28.3 Å². The van der Waals surface area contributed by atoms with Crippen LogP contribution in [0.25, 0.3) is 0 Å². The van der Waals surface area contributed by atoms with Crippen molar-refractivity contribution in [2.24, 2.45) is 0 Å². The largest absolute Gasteiger partial charge is 0.392 e. The first kappa shape index (κ1) is 14.8. The predicted molar refractivity (Wildman–Crippen MR) is 74.7 cm³/mol. The van der Waals surface area contributed by atoms with Crippen LogP contribution in [-0.4, -0.2) is 19.1 Å². The molecular formula is C13H18ClNO3S. The smallest absolute Gasteiger partial charge is 0.241 e. The Kier molecular flexibility index (Phi) is 3.93. The molecule has 1 fully saturated rings. The topological polar surface area (TPSA) is 66.4 Å². The molecule has 1 aliphatic rings. The monoisotopic (exact) mass is 303 g/mol. The van der Waals surface area contributed by atoms with Crippen molar-refractivity contribution in [1.82, 2.24) is 4.72 Å². The van der Waals surface area contributed by atoms with Gasteiger partial charge in [0.15, 0.2) is 0 Å². The lowest BCUT2D eigenvalue weighted by Gasteiger charge is -2.38. The van der Waals surface area contributed by atoms with Crippen molar-refractivity contribution in [2.45, 2.75) is 50.2 Å². The summed E-state index contributed by atoms with van der Waals surface area (Å²) < 4.78 is 27.6. The van der Waals surface area contributed by atoms with E-state index in [9.17, 15) is 13.5 Å². The molecule has 2 N–H and O–H groups in total. The van der Waals surface area contributed by atoms with Crippen molar-refractivity contribution in [3.8, 4) is 0 Å². The minimum atomic E-state index is -3.61. The quantitative estimate of drug-likeness (QED) is 0.897. The van der Waals surface area contributed by atoms with Crippen LogP contribution in [0.3, 0.4) is 0 Å². The Bertz CT molecular complexity index is 594. The minimum absolute atomic E-state index is 0.150. The third-order valence-corrected chi connectivity index (χ3v) is 5.71. The lowest BCUT2D eigenvalue weighted by molar-refractivity contribution is 0.248. The van der Waals surface area contributed by atoms with E-state index in [4.69, 9.17) is 11.6 Å². The van der Waals surface area contributed by atoms with E-state index in [1.807, 2.05) is 6.92 Å². The minimum Gasteiger partial charge on any atom is -0.392 e. The molecule has 0 aliphatic heterocycles. The first-order valence-corrected chi connectivity index (χ1v) is 8.07. The van der Waals surface area contributed by atoms with E-state index in [0.29, 0.717) is 16.1 Å². The van der Waals surface area contributed by atoms with Crippen molar-refractivity contribution in [1.29, 1.82) is 0 Å². The molecule has 1 aliphatic carbocycles. The van der Waals surface area contributed by atoms with Crippen molar-refractivity contribution < 1.29 is 13.5 Å². The Morgan fingerprint density at radius 1 is 1.42 bits per heavy atom. The first-order chi connectivity index (χ1) is 8.77. The van der Waals surface area contributed by atoms with Crippen LogP contribution in [0.1, 0.15) is 37.3 Å². The lowest BCUT2D eigenvalue weighted by Crippen LogP contribution is -2.50. The fraction of sp³-hybridized carbons (Fsp3) is 0.538. The van der Waals surface area contributed by atoms with E-state index >= 15 is 0 Å². The third kappa shape index (κ3) is 2.94. The number of hydrogen-bond acceptors (Lipinski definition) is 3. The second-order valence-electron chi connectivity index (χ2n) is 5.37. The summed E-state index contributed by atoms with van der Waals surface area (Å²) in [7, 11) is -3.61. The number of benzene rings is 1. The van der Waals surface area contributed by atoms with Gasteiger partial charge in [0.1, 0.15) is 0 Å². The molecule has 19 heavy (non-hydrogen) atoms. The number of sulfonamides is 1. The maximum atomic E-state index is 12.4. The summed E-state index contributed by atoms with van der Waals surface area (Å²) in [5.41, 5.74) is 0.724. The highest BCUT2D eigenvalue weighted by molar-refractivity contribution is 7.89. The van der Waals surface area contributed by atoms with Crippen molar-refractivity contribution in [3.63, 3.8) is 0 Å². The Balaban J connectivity index is 2.42. The fourth-order valence-corrected chi connectivity index (χ4v) is 4.42. The van der Waals surface area contributed by atoms with Gasteiger partial charge in [0.2, 0.25) is 10.0 Å². The van der Waals surface area contributed by atoms with E-state index < -0.39 is 10.0 Å². The zero-order valence-corrected chi connectivity index (χ0v) is 12.6. The van der Waals surface area contributed by atoms with Crippen LogP contribution in [0, 0.1) is 6.92 Å². The van der Waals surface area contributed by atoms with Gasteiger partial charge in [0, 0.05) is 10.6 Å². The summed E-state index contributed by atoms with van der Waals surface area (Å²) >= 11 is 5.92. The molecule has 1 aromatic carbocycles. The van der Waals surface area contributed by atoms with Gasteiger partial charge in [-0.25, -0.2) is 13.1 Å². The van der Waals surface area contributed by atoms with Crippen molar-refractivity contribution in [2.75, 3.05) is 0 Å². The molecule has 0 atom stereocenters. The molecule has 4 nitrogen and oxygen atoms in total. The standard InChI is InChI=1S/C13H18ClNO3S/c1-9-10(8-16)6-11(14)7-12(9)19(17,18)15-13(2)4-3-5-13/h6-7,15-16H,3-5,8H2,1-2H3. The van der Waals surface area contributed by atoms with E-state index in [2.05, 4.69) is 4.72 Å². The summed E-state index contributed by atoms with van der Waals surface area (Å²) in [6, 6.07) is 3.02. The first-order valence-electron chi connectivity index (χ1n) is 6.21. The molecule has 0 saturated heterocycles. The normalized spacial score (nSPS) is 18.1. The molecule has 0 aromatic heterocycles. The Hall–Kier alpha value is -0.620. The Morgan fingerprint density at radius 2 is 2.05 bits per heavy atom. The van der Waals surface area contributed by atoms with Crippen LogP contribution in [0.2, 0.25) is 5.02 Å². The molecule has 0 heterocycles. The number of aliphatic hydroxyl groups excluding tert-OH is 1. The zero-order chi connectivity index (χ0) is 14.3. The van der Waals surface area contributed by atoms with Gasteiger partial charge < -0.3 is 5.11 Å². The SMILES string of the molecule is Cc1c(CO)cc(Cl)cc1S(=O)(=O)NC1(C)CCC1. The van der Waals surface area contributed by atoms with Crippen LogP contribution >= 0.6 is 11.6 Å². The van der Waals surface area contributed by atoms with E-state index in [1.165, 1.54) is 6.07 Å². The summed E-state index contributed by atoms with van der Waals surface area (Å²) in [5, 5.41) is 9.56. The number of halogens is 1. The average Bonchev–Trinajstić information content (AvgIpc) is 2.29. The van der Waals surface area contributed by atoms with Crippen LogP contribution < -0.4 is 4.72 Å². The third-order valence-electron chi connectivity index (χ3n) is 3.73. The highest BCUT2D eigenvalue weighted by Gasteiger charge is 2.36. The lowest BCUT2D eigenvalue weighted by atomic mass is 9.80. The van der Waals surface area contributed by atoms with Crippen LogP contribution in [0.15, 0.2) is 17.0 Å². The molecule has 106 valence electrons. The van der Waals surface area contributed by atoms with E-state index in [-0.39, 0.29) is 17.0 Å². The molecular weight excluding hydrogens is 286 g/mol.